The van der Waals surface area contributed by atoms with Crippen LogP contribution in [0.15, 0.2) is 41.8 Å². The maximum Gasteiger partial charge on any atom is 0.236 e. The highest BCUT2D eigenvalue weighted by atomic mass is 32.1. The molecule has 178 valence electrons. The zero-order valence-corrected chi connectivity index (χ0v) is 20.9. The summed E-state index contributed by atoms with van der Waals surface area (Å²) < 4.78 is 0. The van der Waals surface area contributed by atoms with Crippen molar-refractivity contribution >= 4 is 23.2 Å². The van der Waals surface area contributed by atoms with Crippen LogP contribution in [0, 0.1) is 5.92 Å². The largest absolute Gasteiger partial charge is 0.339 e. The topological polar surface area (TPSA) is 43.9 Å². The molecule has 4 rings (SSSR count). The number of carbonyl (C=O) groups is 2. The third-order valence-corrected chi connectivity index (χ3v) is 8.21. The fraction of sp³-hybridized carbons (Fsp3) is 0.556. The molecule has 0 N–H and O–H groups in total. The number of hydrogen-bond donors (Lipinski definition) is 0. The van der Waals surface area contributed by atoms with E-state index in [9.17, 15) is 9.59 Å². The van der Waals surface area contributed by atoms with Gasteiger partial charge in [-0.3, -0.25) is 14.5 Å². The molecule has 0 spiro atoms. The van der Waals surface area contributed by atoms with Crippen molar-refractivity contribution in [2.75, 3.05) is 39.3 Å². The predicted molar refractivity (Wildman–Crippen MR) is 134 cm³/mol. The molecule has 2 atom stereocenters. The number of fused-ring (bicyclic) bond motifs is 1. The minimum Gasteiger partial charge on any atom is -0.339 e. The SMILES string of the molecule is CCCC[C@H](CC)C(=O)N1CCN(C(=O)CN2CCc3sccc3[C@@H]2c2ccccc2)CC1. The van der Waals surface area contributed by atoms with Crippen molar-refractivity contribution in [3.8, 4) is 0 Å². The molecule has 0 saturated carbocycles. The van der Waals surface area contributed by atoms with E-state index in [1.165, 1.54) is 16.0 Å². The molecular weight excluding hydrogens is 430 g/mol. The Labute approximate surface area is 202 Å². The quantitative estimate of drug-likeness (QED) is 0.571. The summed E-state index contributed by atoms with van der Waals surface area (Å²) in [5.74, 6) is 0.593. The monoisotopic (exact) mass is 467 g/mol. The number of nitrogens with zero attached hydrogens (tertiary/aromatic N) is 3. The van der Waals surface area contributed by atoms with Gasteiger partial charge in [-0.25, -0.2) is 0 Å². The summed E-state index contributed by atoms with van der Waals surface area (Å²) in [6, 6.07) is 12.9. The Bertz CT molecular complexity index is 920. The van der Waals surface area contributed by atoms with Crippen LogP contribution >= 0.6 is 11.3 Å². The van der Waals surface area contributed by atoms with Gasteiger partial charge in [0.2, 0.25) is 11.8 Å². The van der Waals surface area contributed by atoms with Crippen LogP contribution in [-0.2, 0) is 16.0 Å². The molecule has 2 amide bonds. The molecule has 2 aliphatic rings. The molecule has 1 fully saturated rings. The van der Waals surface area contributed by atoms with Gasteiger partial charge in [-0.1, -0.05) is 57.0 Å². The highest BCUT2D eigenvalue weighted by Gasteiger charge is 2.33. The molecule has 0 aliphatic carbocycles. The van der Waals surface area contributed by atoms with Gasteiger partial charge in [-0.05, 0) is 41.8 Å². The molecule has 1 aromatic carbocycles. The second-order valence-corrected chi connectivity index (χ2v) is 10.3. The molecule has 0 radical (unpaired) electrons. The van der Waals surface area contributed by atoms with Crippen LogP contribution in [-0.4, -0.2) is 65.8 Å². The summed E-state index contributed by atoms with van der Waals surface area (Å²) in [6.45, 7) is 8.20. The molecule has 2 aliphatic heterocycles. The normalized spacial score (nSPS) is 19.9. The zero-order chi connectivity index (χ0) is 23.2. The third kappa shape index (κ3) is 5.49. The molecule has 3 heterocycles. The van der Waals surface area contributed by atoms with E-state index >= 15 is 0 Å². The van der Waals surface area contributed by atoms with Gasteiger partial charge in [0.25, 0.3) is 0 Å². The standard InChI is InChI=1S/C27H37N3O2S/c1-3-5-9-21(4-2)27(32)29-17-15-28(16-18-29)25(31)20-30-14-12-24-23(13-19-33-24)26(30)22-10-7-6-8-11-22/h6-8,10-11,13,19,21,26H,3-5,9,12,14-18,20H2,1-2H3/t21-,26-/m0/s1. The smallest absolute Gasteiger partial charge is 0.236 e. The Morgan fingerprint density at radius 2 is 1.73 bits per heavy atom. The third-order valence-electron chi connectivity index (χ3n) is 7.21. The number of piperazine rings is 1. The van der Waals surface area contributed by atoms with Crippen molar-refractivity contribution in [2.45, 2.75) is 52.0 Å². The lowest BCUT2D eigenvalue weighted by Gasteiger charge is -2.39. The van der Waals surface area contributed by atoms with E-state index in [1.807, 2.05) is 27.2 Å². The first-order valence-electron chi connectivity index (χ1n) is 12.5. The summed E-state index contributed by atoms with van der Waals surface area (Å²) in [5, 5.41) is 2.17. The van der Waals surface area contributed by atoms with Crippen molar-refractivity contribution in [1.82, 2.24) is 14.7 Å². The summed E-state index contributed by atoms with van der Waals surface area (Å²) in [7, 11) is 0. The van der Waals surface area contributed by atoms with E-state index in [0.717, 1.165) is 38.6 Å². The lowest BCUT2D eigenvalue weighted by atomic mass is 9.93. The van der Waals surface area contributed by atoms with Crippen LogP contribution < -0.4 is 0 Å². The average molecular weight is 468 g/mol. The van der Waals surface area contributed by atoms with Crippen LogP contribution in [0.3, 0.4) is 0 Å². The van der Waals surface area contributed by atoms with Crippen molar-refractivity contribution in [3.63, 3.8) is 0 Å². The molecule has 1 saturated heterocycles. The second kappa shape index (κ2) is 11.3. The number of carbonyl (C=O) groups excluding carboxylic acids is 2. The molecule has 0 bridgehead atoms. The van der Waals surface area contributed by atoms with E-state index in [0.29, 0.717) is 32.7 Å². The van der Waals surface area contributed by atoms with Gasteiger partial charge in [0.15, 0.2) is 0 Å². The van der Waals surface area contributed by atoms with Crippen molar-refractivity contribution in [2.24, 2.45) is 5.92 Å². The first-order valence-corrected chi connectivity index (χ1v) is 13.4. The number of unbranched alkanes of at least 4 members (excludes halogenated alkanes) is 1. The number of benzene rings is 1. The van der Waals surface area contributed by atoms with E-state index < -0.39 is 0 Å². The average Bonchev–Trinajstić information content (AvgIpc) is 3.33. The van der Waals surface area contributed by atoms with Gasteiger partial charge in [0.1, 0.15) is 0 Å². The maximum absolute atomic E-state index is 13.3. The van der Waals surface area contributed by atoms with Gasteiger partial charge >= 0.3 is 0 Å². The maximum atomic E-state index is 13.3. The number of amides is 2. The molecule has 0 unspecified atom stereocenters. The van der Waals surface area contributed by atoms with Gasteiger partial charge in [0.05, 0.1) is 12.6 Å². The van der Waals surface area contributed by atoms with Crippen LogP contribution in [0.4, 0.5) is 0 Å². The van der Waals surface area contributed by atoms with E-state index in [1.54, 1.807) is 0 Å². The Morgan fingerprint density at radius 3 is 2.42 bits per heavy atom. The lowest BCUT2D eigenvalue weighted by Crippen LogP contribution is -2.54. The first-order chi connectivity index (χ1) is 16.1. The Kier molecular flexibility index (Phi) is 8.20. The fourth-order valence-electron chi connectivity index (χ4n) is 5.23. The van der Waals surface area contributed by atoms with Crippen LogP contribution in [0.5, 0.6) is 0 Å². The fourth-order valence-corrected chi connectivity index (χ4v) is 6.13. The van der Waals surface area contributed by atoms with Crippen molar-refractivity contribution < 1.29 is 9.59 Å². The number of thiophene rings is 1. The molecular formula is C27H37N3O2S. The molecule has 1 aromatic heterocycles. The van der Waals surface area contributed by atoms with Gasteiger partial charge in [-0.15, -0.1) is 11.3 Å². The van der Waals surface area contributed by atoms with Gasteiger partial charge in [0, 0.05) is 43.5 Å². The Hall–Kier alpha value is -2.18. The second-order valence-electron chi connectivity index (χ2n) is 9.29. The predicted octanol–water partition coefficient (Wildman–Crippen LogP) is 4.58. The summed E-state index contributed by atoms with van der Waals surface area (Å²) in [6.07, 6.45) is 5.11. The van der Waals surface area contributed by atoms with E-state index in [-0.39, 0.29) is 23.8 Å². The Morgan fingerprint density at radius 1 is 1.00 bits per heavy atom. The molecule has 33 heavy (non-hydrogen) atoms. The first kappa shape index (κ1) is 24.0. The van der Waals surface area contributed by atoms with Crippen LogP contribution in [0.25, 0.3) is 0 Å². The molecule has 2 aromatic rings. The summed E-state index contributed by atoms with van der Waals surface area (Å²) in [4.78, 5) is 33.9. The summed E-state index contributed by atoms with van der Waals surface area (Å²) >= 11 is 1.83. The zero-order valence-electron chi connectivity index (χ0n) is 20.0. The van der Waals surface area contributed by atoms with Crippen molar-refractivity contribution in [3.05, 3.63) is 57.8 Å². The highest BCUT2D eigenvalue weighted by molar-refractivity contribution is 7.10. The van der Waals surface area contributed by atoms with Crippen LogP contribution in [0.2, 0.25) is 0 Å². The van der Waals surface area contributed by atoms with Gasteiger partial charge < -0.3 is 9.80 Å². The van der Waals surface area contributed by atoms with Crippen LogP contribution in [0.1, 0.15) is 61.6 Å². The molecule has 6 heteroatoms. The van der Waals surface area contributed by atoms with E-state index in [4.69, 9.17) is 0 Å². The minimum absolute atomic E-state index is 0.131. The number of hydrogen-bond acceptors (Lipinski definition) is 4. The Balaban J connectivity index is 1.37. The van der Waals surface area contributed by atoms with Gasteiger partial charge in [-0.2, -0.15) is 0 Å². The lowest BCUT2D eigenvalue weighted by molar-refractivity contribution is -0.143. The summed E-state index contributed by atoms with van der Waals surface area (Å²) in [5.41, 5.74) is 2.59. The minimum atomic E-state index is 0.131. The van der Waals surface area contributed by atoms with Crippen molar-refractivity contribution in [1.29, 1.82) is 0 Å². The molecule has 5 nitrogen and oxygen atoms in total. The number of rotatable bonds is 8. The van der Waals surface area contributed by atoms with E-state index in [2.05, 4.69) is 54.5 Å². The highest BCUT2D eigenvalue weighted by Crippen LogP contribution is 2.37.